The van der Waals surface area contributed by atoms with E-state index >= 15 is 0 Å². The van der Waals surface area contributed by atoms with Crippen molar-refractivity contribution in [2.75, 3.05) is 25.2 Å². The first-order valence-electron chi connectivity index (χ1n) is 4.89. The molecular weight excluding hydrogens is 226 g/mol. The van der Waals surface area contributed by atoms with E-state index in [1.54, 1.807) is 19.2 Å². The van der Waals surface area contributed by atoms with Crippen molar-refractivity contribution in [3.8, 4) is 0 Å². The molecule has 0 saturated heterocycles. The van der Waals surface area contributed by atoms with Crippen LogP contribution in [0.4, 0.5) is 5.69 Å². The number of carboxylic acids is 1. The van der Waals surface area contributed by atoms with E-state index in [2.05, 4.69) is 0 Å². The number of carboxylic acid groups (broad SMARTS) is 1. The second kappa shape index (κ2) is 6.40. The van der Waals surface area contributed by atoms with Crippen molar-refractivity contribution in [1.82, 2.24) is 0 Å². The van der Waals surface area contributed by atoms with E-state index in [9.17, 15) is 4.79 Å². The van der Waals surface area contributed by atoms with Gasteiger partial charge in [-0.3, -0.25) is 0 Å². The van der Waals surface area contributed by atoms with E-state index in [0.29, 0.717) is 12.3 Å². The van der Waals surface area contributed by atoms with Gasteiger partial charge in [-0.25, -0.2) is 4.79 Å². The number of thioether (sulfide) groups is 1. The van der Waals surface area contributed by atoms with Gasteiger partial charge < -0.3 is 15.6 Å². The van der Waals surface area contributed by atoms with Crippen LogP contribution in [0.15, 0.2) is 23.1 Å². The van der Waals surface area contributed by atoms with E-state index in [1.165, 1.54) is 17.8 Å². The number of ether oxygens (including phenoxy) is 1. The van der Waals surface area contributed by atoms with Crippen molar-refractivity contribution < 1.29 is 14.6 Å². The molecule has 0 aromatic heterocycles. The second-order valence-corrected chi connectivity index (χ2v) is 4.39. The van der Waals surface area contributed by atoms with Crippen molar-refractivity contribution in [3.05, 3.63) is 23.8 Å². The maximum Gasteiger partial charge on any atom is 0.336 e. The SMILES string of the molecule is COCCCSc1ccc(N)cc1C(=O)O. The number of carbonyl (C=O) groups is 1. The molecule has 1 aromatic rings. The Kier molecular flexibility index (Phi) is 5.14. The average Bonchev–Trinajstić information content (AvgIpc) is 2.26. The van der Waals surface area contributed by atoms with Crippen molar-refractivity contribution in [2.24, 2.45) is 0 Å². The number of methoxy groups -OCH3 is 1. The Morgan fingerprint density at radius 3 is 2.94 bits per heavy atom. The maximum absolute atomic E-state index is 11.0. The molecule has 0 radical (unpaired) electrons. The molecule has 0 aliphatic carbocycles. The molecule has 0 aliphatic heterocycles. The van der Waals surface area contributed by atoms with Crippen molar-refractivity contribution in [2.45, 2.75) is 11.3 Å². The Hall–Kier alpha value is -1.20. The summed E-state index contributed by atoms with van der Waals surface area (Å²) in [5.41, 5.74) is 6.29. The number of nitrogen functional groups attached to an aromatic ring is 1. The standard InChI is InChI=1S/C11H15NO3S/c1-15-5-2-6-16-10-4-3-8(12)7-9(10)11(13)14/h3-4,7H,2,5-6,12H2,1H3,(H,13,14). The molecule has 5 heteroatoms. The summed E-state index contributed by atoms with van der Waals surface area (Å²) in [6.07, 6.45) is 0.893. The molecule has 1 rings (SSSR count). The van der Waals surface area contributed by atoms with Crippen LogP contribution in [0.5, 0.6) is 0 Å². The molecule has 4 nitrogen and oxygen atoms in total. The number of rotatable bonds is 6. The second-order valence-electron chi connectivity index (χ2n) is 3.26. The Balaban J connectivity index is 2.67. The summed E-state index contributed by atoms with van der Waals surface area (Å²) in [6.45, 7) is 0.685. The first-order chi connectivity index (χ1) is 7.65. The van der Waals surface area contributed by atoms with Gasteiger partial charge in [0.2, 0.25) is 0 Å². The number of nitrogens with two attached hydrogens (primary N) is 1. The molecule has 0 atom stereocenters. The predicted octanol–water partition coefficient (Wildman–Crippen LogP) is 2.10. The highest BCUT2D eigenvalue weighted by atomic mass is 32.2. The van der Waals surface area contributed by atoms with Crippen LogP contribution >= 0.6 is 11.8 Å². The Labute approximate surface area is 98.8 Å². The largest absolute Gasteiger partial charge is 0.478 e. The summed E-state index contributed by atoms with van der Waals surface area (Å²) in [5.74, 6) is -0.112. The Morgan fingerprint density at radius 1 is 1.56 bits per heavy atom. The molecule has 88 valence electrons. The van der Waals surface area contributed by atoms with Gasteiger partial charge in [-0.2, -0.15) is 0 Å². The lowest BCUT2D eigenvalue weighted by molar-refractivity contribution is 0.0693. The normalized spacial score (nSPS) is 10.3. The zero-order valence-corrected chi connectivity index (χ0v) is 9.92. The summed E-state index contributed by atoms with van der Waals surface area (Å²) < 4.78 is 4.93. The van der Waals surface area contributed by atoms with Crippen molar-refractivity contribution in [1.29, 1.82) is 0 Å². The molecule has 1 aromatic carbocycles. The average molecular weight is 241 g/mol. The number of aromatic carboxylic acids is 1. The molecular formula is C11H15NO3S. The van der Waals surface area contributed by atoms with E-state index < -0.39 is 5.97 Å². The third-order valence-corrected chi connectivity index (χ3v) is 3.14. The lowest BCUT2D eigenvalue weighted by atomic mass is 10.2. The van der Waals surface area contributed by atoms with E-state index in [4.69, 9.17) is 15.6 Å². The van der Waals surface area contributed by atoms with Gasteiger partial charge in [0.1, 0.15) is 0 Å². The monoisotopic (exact) mass is 241 g/mol. The van der Waals surface area contributed by atoms with Crippen LogP contribution in [0, 0.1) is 0 Å². The highest BCUT2D eigenvalue weighted by Gasteiger charge is 2.10. The summed E-state index contributed by atoms with van der Waals surface area (Å²) in [6, 6.07) is 4.95. The molecule has 0 bridgehead atoms. The van der Waals surface area contributed by atoms with Gasteiger partial charge in [-0.05, 0) is 24.6 Å². The third-order valence-electron chi connectivity index (χ3n) is 1.98. The third kappa shape index (κ3) is 3.75. The van der Waals surface area contributed by atoms with Gasteiger partial charge in [0.05, 0.1) is 5.56 Å². The van der Waals surface area contributed by atoms with Crippen LogP contribution in [0.2, 0.25) is 0 Å². The minimum absolute atomic E-state index is 0.266. The van der Waals surface area contributed by atoms with Gasteiger partial charge in [0.25, 0.3) is 0 Å². The highest BCUT2D eigenvalue weighted by Crippen LogP contribution is 2.25. The summed E-state index contributed by atoms with van der Waals surface area (Å²) in [7, 11) is 1.65. The van der Waals surface area contributed by atoms with E-state index in [-0.39, 0.29) is 5.56 Å². The summed E-state index contributed by atoms with van der Waals surface area (Å²) in [4.78, 5) is 11.7. The van der Waals surface area contributed by atoms with E-state index in [0.717, 1.165) is 17.1 Å². The molecule has 0 saturated carbocycles. The molecule has 0 unspecified atom stereocenters. The number of benzene rings is 1. The first-order valence-corrected chi connectivity index (χ1v) is 5.88. The highest BCUT2D eigenvalue weighted by molar-refractivity contribution is 7.99. The lowest BCUT2D eigenvalue weighted by Gasteiger charge is -2.06. The number of anilines is 1. The van der Waals surface area contributed by atoms with Gasteiger partial charge >= 0.3 is 5.97 Å². The summed E-state index contributed by atoms with van der Waals surface area (Å²) in [5, 5.41) is 9.00. The Bertz CT molecular complexity index is 368. The fourth-order valence-corrected chi connectivity index (χ4v) is 2.17. The Morgan fingerprint density at radius 2 is 2.31 bits per heavy atom. The van der Waals surface area contributed by atoms with Crippen LogP contribution < -0.4 is 5.73 Å². The van der Waals surface area contributed by atoms with Crippen LogP contribution in [-0.2, 0) is 4.74 Å². The summed E-state index contributed by atoms with van der Waals surface area (Å²) >= 11 is 1.51. The minimum Gasteiger partial charge on any atom is -0.478 e. The zero-order valence-electron chi connectivity index (χ0n) is 9.10. The molecule has 3 N–H and O–H groups in total. The van der Waals surface area contributed by atoms with Crippen LogP contribution in [0.25, 0.3) is 0 Å². The minimum atomic E-state index is -0.943. The molecule has 0 spiro atoms. The zero-order chi connectivity index (χ0) is 12.0. The van der Waals surface area contributed by atoms with Crippen LogP contribution in [-0.4, -0.2) is 30.5 Å². The van der Waals surface area contributed by atoms with Crippen molar-refractivity contribution >= 4 is 23.4 Å². The van der Waals surface area contributed by atoms with Gasteiger partial charge in [-0.1, -0.05) is 0 Å². The number of hydrogen-bond donors (Lipinski definition) is 2. The molecule has 0 heterocycles. The van der Waals surface area contributed by atoms with Gasteiger partial charge in [-0.15, -0.1) is 11.8 Å². The maximum atomic E-state index is 11.0. The molecule has 0 fully saturated rings. The molecule has 0 amide bonds. The quantitative estimate of drug-likeness (QED) is 0.453. The topological polar surface area (TPSA) is 72.5 Å². The van der Waals surface area contributed by atoms with Gasteiger partial charge in [0, 0.05) is 30.1 Å². The van der Waals surface area contributed by atoms with Gasteiger partial charge in [0.15, 0.2) is 0 Å². The fourth-order valence-electron chi connectivity index (χ4n) is 1.23. The van der Waals surface area contributed by atoms with Crippen molar-refractivity contribution in [3.63, 3.8) is 0 Å². The van der Waals surface area contributed by atoms with Crippen LogP contribution in [0.3, 0.4) is 0 Å². The predicted molar refractivity (Wildman–Crippen MR) is 65.0 cm³/mol. The molecule has 0 aliphatic rings. The van der Waals surface area contributed by atoms with Crippen LogP contribution in [0.1, 0.15) is 16.8 Å². The first kappa shape index (κ1) is 12.9. The smallest absolute Gasteiger partial charge is 0.336 e. The van der Waals surface area contributed by atoms with E-state index in [1.807, 2.05) is 0 Å². The number of hydrogen-bond acceptors (Lipinski definition) is 4. The lowest BCUT2D eigenvalue weighted by Crippen LogP contribution is -2.01. The fraction of sp³-hybridized carbons (Fsp3) is 0.364. The molecule has 16 heavy (non-hydrogen) atoms.